The zero-order valence-electron chi connectivity index (χ0n) is 11.1. The molecule has 0 radical (unpaired) electrons. The van der Waals surface area contributed by atoms with Gasteiger partial charge in [-0.05, 0) is 72.9 Å². The second-order valence-electron chi connectivity index (χ2n) is 4.82. The van der Waals surface area contributed by atoms with E-state index in [1.165, 1.54) is 11.1 Å². The SMILES string of the molecule is Cc1cc(Br)ccc1C(Br)c1c(C)cc(F)cc1C. The fourth-order valence-electron chi connectivity index (χ4n) is 2.40. The Kier molecular flexibility index (Phi) is 4.46. The van der Waals surface area contributed by atoms with E-state index in [4.69, 9.17) is 0 Å². The molecule has 0 saturated carbocycles. The van der Waals surface area contributed by atoms with Crippen molar-refractivity contribution in [1.29, 1.82) is 0 Å². The maximum atomic E-state index is 13.4. The lowest BCUT2D eigenvalue weighted by atomic mass is 9.94. The highest BCUT2D eigenvalue weighted by atomic mass is 79.9. The Balaban J connectivity index is 2.53. The van der Waals surface area contributed by atoms with Gasteiger partial charge in [0, 0.05) is 4.47 Å². The van der Waals surface area contributed by atoms with Crippen molar-refractivity contribution >= 4 is 31.9 Å². The molecule has 0 N–H and O–H groups in total. The van der Waals surface area contributed by atoms with Gasteiger partial charge < -0.3 is 0 Å². The van der Waals surface area contributed by atoms with Crippen LogP contribution in [0.25, 0.3) is 0 Å². The molecule has 2 rings (SSSR count). The van der Waals surface area contributed by atoms with Crippen molar-refractivity contribution in [3.8, 4) is 0 Å². The summed E-state index contributed by atoms with van der Waals surface area (Å²) in [5.41, 5.74) is 5.51. The lowest BCUT2D eigenvalue weighted by Crippen LogP contribution is -2.02. The number of rotatable bonds is 2. The molecule has 0 nitrogen and oxygen atoms in total. The molecule has 0 fully saturated rings. The van der Waals surface area contributed by atoms with Gasteiger partial charge in [-0.3, -0.25) is 0 Å². The van der Waals surface area contributed by atoms with E-state index in [0.29, 0.717) is 0 Å². The smallest absolute Gasteiger partial charge is 0.123 e. The van der Waals surface area contributed by atoms with E-state index >= 15 is 0 Å². The molecule has 2 aromatic carbocycles. The molecule has 0 amide bonds. The van der Waals surface area contributed by atoms with Crippen LogP contribution in [-0.4, -0.2) is 0 Å². The van der Waals surface area contributed by atoms with Gasteiger partial charge in [0.1, 0.15) is 5.82 Å². The number of halogens is 3. The largest absolute Gasteiger partial charge is 0.207 e. The molecule has 0 heterocycles. The van der Waals surface area contributed by atoms with E-state index in [2.05, 4.69) is 50.9 Å². The van der Waals surface area contributed by atoms with Crippen molar-refractivity contribution in [1.82, 2.24) is 0 Å². The van der Waals surface area contributed by atoms with Crippen LogP contribution in [0, 0.1) is 26.6 Å². The highest BCUT2D eigenvalue weighted by Crippen LogP contribution is 2.37. The maximum Gasteiger partial charge on any atom is 0.123 e. The molecule has 100 valence electrons. The van der Waals surface area contributed by atoms with Gasteiger partial charge in [-0.15, -0.1) is 0 Å². The van der Waals surface area contributed by atoms with Crippen LogP contribution in [0.15, 0.2) is 34.8 Å². The van der Waals surface area contributed by atoms with Crippen LogP contribution < -0.4 is 0 Å². The summed E-state index contributed by atoms with van der Waals surface area (Å²) in [6.07, 6.45) is 0. The Morgan fingerprint density at radius 3 is 2.05 bits per heavy atom. The minimum absolute atomic E-state index is 0.0844. The number of alkyl halides is 1. The number of benzene rings is 2. The third kappa shape index (κ3) is 3.09. The van der Waals surface area contributed by atoms with Crippen LogP contribution in [0.5, 0.6) is 0 Å². The molecule has 19 heavy (non-hydrogen) atoms. The average molecular weight is 386 g/mol. The van der Waals surface area contributed by atoms with E-state index in [1.807, 2.05) is 19.9 Å². The summed E-state index contributed by atoms with van der Waals surface area (Å²) in [5, 5.41) is 0. The first kappa shape index (κ1) is 14.7. The molecule has 0 bridgehead atoms. The molecule has 0 aliphatic heterocycles. The maximum absolute atomic E-state index is 13.4. The van der Waals surface area contributed by atoms with E-state index in [-0.39, 0.29) is 10.6 Å². The van der Waals surface area contributed by atoms with E-state index < -0.39 is 0 Å². The molecule has 0 aliphatic carbocycles. The molecule has 1 atom stereocenters. The Morgan fingerprint density at radius 1 is 0.947 bits per heavy atom. The Labute approximate surface area is 130 Å². The standard InChI is InChI=1S/C16H15Br2F/c1-9-6-12(17)4-5-14(9)16(18)15-10(2)7-13(19)8-11(15)3/h4-8,16H,1-3H3. The second kappa shape index (κ2) is 5.76. The molecule has 0 aromatic heterocycles. The molecular weight excluding hydrogens is 371 g/mol. The third-order valence-electron chi connectivity index (χ3n) is 3.32. The first-order valence-corrected chi connectivity index (χ1v) is 7.77. The van der Waals surface area contributed by atoms with Crippen LogP contribution in [0.2, 0.25) is 0 Å². The minimum Gasteiger partial charge on any atom is -0.207 e. The van der Waals surface area contributed by atoms with Gasteiger partial charge in [-0.1, -0.05) is 37.9 Å². The lowest BCUT2D eigenvalue weighted by molar-refractivity contribution is 0.624. The fraction of sp³-hybridized carbons (Fsp3) is 0.250. The Morgan fingerprint density at radius 2 is 1.53 bits per heavy atom. The second-order valence-corrected chi connectivity index (χ2v) is 6.65. The van der Waals surface area contributed by atoms with Crippen molar-refractivity contribution in [3.63, 3.8) is 0 Å². The molecule has 1 unspecified atom stereocenters. The van der Waals surface area contributed by atoms with Crippen molar-refractivity contribution in [2.45, 2.75) is 25.6 Å². The summed E-state index contributed by atoms with van der Waals surface area (Å²) >= 11 is 7.23. The van der Waals surface area contributed by atoms with Gasteiger partial charge in [0.2, 0.25) is 0 Å². The van der Waals surface area contributed by atoms with Gasteiger partial charge in [0.15, 0.2) is 0 Å². The summed E-state index contributed by atoms with van der Waals surface area (Å²) in [4.78, 5) is 0.0844. The van der Waals surface area contributed by atoms with Crippen LogP contribution in [0.3, 0.4) is 0 Å². The molecule has 0 aliphatic rings. The highest BCUT2D eigenvalue weighted by molar-refractivity contribution is 9.10. The molecule has 2 aromatic rings. The predicted octanol–water partition coefficient (Wildman–Crippen LogP) is 6.00. The van der Waals surface area contributed by atoms with Crippen LogP contribution in [0.4, 0.5) is 4.39 Å². The van der Waals surface area contributed by atoms with E-state index in [0.717, 1.165) is 21.2 Å². The average Bonchev–Trinajstić information content (AvgIpc) is 2.26. The van der Waals surface area contributed by atoms with Crippen molar-refractivity contribution in [3.05, 3.63) is 68.4 Å². The zero-order chi connectivity index (χ0) is 14.2. The molecule has 0 saturated heterocycles. The summed E-state index contributed by atoms with van der Waals surface area (Å²) < 4.78 is 14.5. The molecule has 0 spiro atoms. The van der Waals surface area contributed by atoms with Crippen LogP contribution in [0.1, 0.15) is 32.6 Å². The summed E-state index contributed by atoms with van der Waals surface area (Å²) in [6, 6.07) is 9.40. The van der Waals surface area contributed by atoms with E-state index in [9.17, 15) is 4.39 Å². The first-order valence-electron chi connectivity index (χ1n) is 6.07. The van der Waals surface area contributed by atoms with Gasteiger partial charge in [0.25, 0.3) is 0 Å². The topological polar surface area (TPSA) is 0 Å². The van der Waals surface area contributed by atoms with Crippen LogP contribution in [-0.2, 0) is 0 Å². The van der Waals surface area contributed by atoms with Crippen molar-refractivity contribution in [2.75, 3.05) is 0 Å². The fourth-order valence-corrected chi connectivity index (χ4v) is 4.11. The molecule has 3 heteroatoms. The van der Waals surface area contributed by atoms with Gasteiger partial charge in [-0.25, -0.2) is 4.39 Å². The van der Waals surface area contributed by atoms with Gasteiger partial charge >= 0.3 is 0 Å². The normalized spacial score (nSPS) is 12.5. The van der Waals surface area contributed by atoms with Gasteiger partial charge in [0.05, 0.1) is 4.83 Å². The lowest BCUT2D eigenvalue weighted by Gasteiger charge is -2.19. The number of hydrogen-bond donors (Lipinski definition) is 0. The predicted molar refractivity (Wildman–Crippen MR) is 85.5 cm³/mol. The van der Waals surface area contributed by atoms with Crippen LogP contribution >= 0.6 is 31.9 Å². The number of hydrogen-bond acceptors (Lipinski definition) is 0. The Bertz CT molecular complexity index is 597. The van der Waals surface area contributed by atoms with Gasteiger partial charge in [-0.2, -0.15) is 0 Å². The Hall–Kier alpha value is -0.670. The summed E-state index contributed by atoms with van der Waals surface area (Å²) in [5.74, 6) is -0.175. The zero-order valence-corrected chi connectivity index (χ0v) is 14.3. The van der Waals surface area contributed by atoms with Crippen molar-refractivity contribution in [2.24, 2.45) is 0 Å². The quantitative estimate of drug-likeness (QED) is 0.556. The van der Waals surface area contributed by atoms with E-state index in [1.54, 1.807) is 12.1 Å². The monoisotopic (exact) mass is 384 g/mol. The van der Waals surface area contributed by atoms with Crippen molar-refractivity contribution < 1.29 is 4.39 Å². The minimum atomic E-state index is -0.175. The molecular formula is C16H15Br2F. The number of aryl methyl sites for hydroxylation is 3. The third-order valence-corrected chi connectivity index (χ3v) is 4.76. The summed E-state index contributed by atoms with van der Waals surface area (Å²) in [7, 11) is 0. The first-order chi connectivity index (χ1) is 8.90. The summed E-state index contributed by atoms with van der Waals surface area (Å²) in [6.45, 7) is 5.99. The highest BCUT2D eigenvalue weighted by Gasteiger charge is 2.18.